The SMILES string of the molecule is CCc1ccc(CCCCC(=O)O)cc1CC. The fourth-order valence-corrected chi connectivity index (χ4v) is 2.11. The molecule has 0 spiro atoms. The van der Waals surface area contributed by atoms with Crippen molar-refractivity contribution in [2.75, 3.05) is 0 Å². The highest BCUT2D eigenvalue weighted by Crippen LogP contribution is 2.15. The van der Waals surface area contributed by atoms with Crippen LogP contribution in [0.3, 0.4) is 0 Å². The number of hydrogen-bond acceptors (Lipinski definition) is 1. The van der Waals surface area contributed by atoms with E-state index in [1.807, 2.05) is 0 Å². The van der Waals surface area contributed by atoms with Crippen molar-refractivity contribution < 1.29 is 9.90 Å². The second kappa shape index (κ2) is 7.10. The van der Waals surface area contributed by atoms with Gasteiger partial charge in [-0.3, -0.25) is 4.79 Å². The molecule has 0 unspecified atom stereocenters. The van der Waals surface area contributed by atoms with Gasteiger partial charge in [0, 0.05) is 6.42 Å². The van der Waals surface area contributed by atoms with Crippen LogP contribution in [0.5, 0.6) is 0 Å². The molecule has 94 valence electrons. The van der Waals surface area contributed by atoms with Crippen LogP contribution in [0.4, 0.5) is 0 Å². The number of benzene rings is 1. The Kier molecular flexibility index (Phi) is 5.75. The molecule has 0 bridgehead atoms. The molecular weight excluding hydrogens is 212 g/mol. The number of rotatable bonds is 7. The van der Waals surface area contributed by atoms with Gasteiger partial charge in [0.25, 0.3) is 0 Å². The Bertz CT molecular complexity index is 369. The lowest BCUT2D eigenvalue weighted by molar-refractivity contribution is -0.137. The second-order valence-corrected chi connectivity index (χ2v) is 4.41. The van der Waals surface area contributed by atoms with Gasteiger partial charge in [0.1, 0.15) is 0 Å². The summed E-state index contributed by atoms with van der Waals surface area (Å²) in [4.78, 5) is 10.4. The summed E-state index contributed by atoms with van der Waals surface area (Å²) in [6.07, 6.45) is 5.17. The van der Waals surface area contributed by atoms with Gasteiger partial charge in [0.15, 0.2) is 0 Å². The summed E-state index contributed by atoms with van der Waals surface area (Å²) in [7, 11) is 0. The van der Waals surface area contributed by atoms with Gasteiger partial charge in [-0.1, -0.05) is 32.0 Å². The summed E-state index contributed by atoms with van der Waals surface area (Å²) in [6.45, 7) is 4.36. The van der Waals surface area contributed by atoms with E-state index in [9.17, 15) is 4.79 Å². The molecule has 1 rings (SSSR count). The van der Waals surface area contributed by atoms with Gasteiger partial charge in [-0.15, -0.1) is 0 Å². The maximum atomic E-state index is 10.4. The lowest BCUT2D eigenvalue weighted by atomic mass is 9.97. The van der Waals surface area contributed by atoms with Crippen LogP contribution in [-0.2, 0) is 24.1 Å². The highest BCUT2D eigenvalue weighted by atomic mass is 16.4. The van der Waals surface area contributed by atoms with Crippen LogP contribution in [0.15, 0.2) is 18.2 Å². The molecule has 1 aromatic carbocycles. The molecule has 0 amide bonds. The number of carboxylic acid groups (broad SMARTS) is 1. The fourth-order valence-electron chi connectivity index (χ4n) is 2.11. The molecule has 0 aliphatic carbocycles. The van der Waals surface area contributed by atoms with E-state index in [-0.39, 0.29) is 6.42 Å². The van der Waals surface area contributed by atoms with Crippen molar-refractivity contribution in [1.29, 1.82) is 0 Å². The van der Waals surface area contributed by atoms with Crippen LogP contribution in [-0.4, -0.2) is 11.1 Å². The number of aryl methyl sites for hydroxylation is 3. The summed E-state index contributed by atoms with van der Waals surface area (Å²) in [5.41, 5.74) is 4.20. The van der Waals surface area contributed by atoms with Crippen LogP contribution in [0.1, 0.15) is 49.8 Å². The third-order valence-electron chi connectivity index (χ3n) is 3.14. The zero-order valence-electron chi connectivity index (χ0n) is 10.8. The van der Waals surface area contributed by atoms with Crippen molar-refractivity contribution in [3.63, 3.8) is 0 Å². The first-order valence-electron chi connectivity index (χ1n) is 6.49. The lowest BCUT2D eigenvalue weighted by Crippen LogP contribution is -1.97. The Hall–Kier alpha value is -1.31. The topological polar surface area (TPSA) is 37.3 Å². The van der Waals surface area contributed by atoms with Crippen LogP contribution in [0, 0.1) is 0 Å². The first-order valence-corrected chi connectivity index (χ1v) is 6.49. The van der Waals surface area contributed by atoms with Crippen LogP contribution >= 0.6 is 0 Å². The van der Waals surface area contributed by atoms with E-state index in [1.54, 1.807) is 0 Å². The van der Waals surface area contributed by atoms with Gasteiger partial charge in [-0.25, -0.2) is 0 Å². The van der Waals surface area contributed by atoms with Gasteiger partial charge >= 0.3 is 5.97 Å². The molecular formula is C15H22O2. The van der Waals surface area contributed by atoms with Gasteiger partial charge < -0.3 is 5.11 Å². The zero-order valence-corrected chi connectivity index (χ0v) is 10.8. The molecule has 1 N–H and O–H groups in total. The minimum atomic E-state index is -0.694. The monoisotopic (exact) mass is 234 g/mol. The molecule has 0 aliphatic rings. The van der Waals surface area contributed by atoms with E-state index in [1.165, 1.54) is 16.7 Å². The third-order valence-corrected chi connectivity index (χ3v) is 3.14. The standard InChI is InChI=1S/C15H22O2/c1-3-13-10-9-12(11-14(13)4-2)7-5-6-8-15(16)17/h9-11H,3-8H2,1-2H3,(H,16,17). The van der Waals surface area contributed by atoms with E-state index in [4.69, 9.17) is 5.11 Å². The highest BCUT2D eigenvalue weighted by Gasteiger charge is 2.02. The summed E-state index contributed by atoms with van der Waals surface area (Å²) >= 11 is 0. The highest BCUT2D eigenvalue weighted by molar-refractivity contribution is 5.66. The molecule has 0 heterocycles. The van der Waals surface area contributed by atoms with Gasteiger partial charge in [-0.05, 0) is 48.8 Å². The molecule has 2 nitrogen and oxygen atoms in total. The van der Waals surface area contributed by atoms with E-state index < -0.39 is 5.97 Å². The average Bonchev–Trinajstić information content (AvgIpc) is 2.34. The van der Waals surface area contributed by atoms with Crippen molar-refractivity contribution in [2.24, 2.45) is 0 Å². The van der Waals surface area contributed by atoms with Crippen LogP contribution in [0.2, 0.25) is 0 Å². The van der Waals surface area contributed by atoms with Crippen molar-refractivity contribution >= 4 is 5.97 Å². The predicted octanol–water partition coefficient (Wildman–Crippen LogP) is 3.61. The molecule has 0 fully saturated rings. The second-order valence-electron chi connectivity index (χ2n) is 4.41. The minimum absolute atomic E-state index is 0.285. The number of carbonyl (C=O) groups is 1. The Morgan fingerprint density at radius 3 is 2.41 bits per heavy atom. The van der Waals surface area contributed by atoms with E-state index in [0.29, 0.717) is 0 Å². The molecule has 0 aliphatic heterocycles. The zero-order chi connectivity index (χ0) is 12.7. The van der Waals surface area contributed by atoms with Gasteiger partial charge in [0.2, 0.25) is 0 Å². The van der Waals surface area contributed by atoms with Crippen molar-refractivity contribution in [3.05, 3.63) is 34.9 Å². The molecule has 17 heavy (non-hydrogen) atoms. The predicted molar refractivity (Wildman–Crippen MR) is 70.4 cm³/mol. The summed E-state index contributed by atoms with van der Waals surface area (Å²) in [5, 5.41) is 8.56. The van der Waals surface area contributed by atoms with Crippen molar-refractivity contribution in [1.82, 2.24) is 0 Å². The maximum Gasteiger partial charge on any atom is 0.303 e. The molecule has 2 heteroatoms. The molecule has 0 aromatic heterocycles. The Balaban J connectivity index is 2.51. The number of carboxylic acids is 1. The van der Waals surface area contributed by atoms with Crippen LogP contribution < -0.4 is 0 Å². The van der Waals surface area contributed by atoms with Crippen molar-refractivity contribution in [2.45, 2.75) is 52.4 Å². The number of hydrogen-bond donors (Lipinski definition) is 1. The first-order chi connectivity index (χ1) is 8.17. The van der Waals surface area contributed by atoms with E-state index >= 15 is 0 Å². The smallest absolute Gasteiger partial charge is 0.303 e. The summed E-state index contributed by atoms with van der Waals surface area (Å²) in [6, 6.07) is 6.67. The molecule has 0 atom stereocenters. The van der Waals surface area contributed by atoms with E-state index in [0.717, 1.165) is 32.1 Å². The van der Waals surface area contributed by atoms with Crippen LogP contribution in [0.25, 0.3) is 0 Å². The Labute approximate surface area is 104 Å². The van der Waals surface area contributed by atoms with Crippen molar-refractivity contribution in [3.8, 4) is 0 Å². The van der Waals surface area contributed by atoms with E-state index in [2.05, 4.69) is 32.0 Å². The van der Waals surface area contributed by atoms with Gasteiger partial charge in [0.05, 0.1) is 0 Å². The fraction of sp³-hybridized carbons (Fsp3) is 0.533. The Morgan fingerprint density at radius 2 is 1.82 bits per heavy atom. The summed E-state index contributed by atoms with van der Waals surface area (Å²) in [5.74, 6) is -0.694. The molecule has 0 radical (unpaired) electrons. The normalized spacial score (nSPS) is 10.5. The average molecular weight is 234 g/mol. The minimum Gasteiger partial charge on any atom is -0.481 e. The molecule has 0 saturated heterocycles. The first kappa shape index (κ1) is 13.8. The maximum absolute atomic E-state index is 10.4. The number of unbranched alkanes of at least 4 members (excludes halogenated alkanes) is 1. The number of aliphatic carboxylic acids is 1. The third kappa shape index (κ3) is 4.59. The Morgan fingerprint density at radius 1 is 1.12 bits per heavy atom. The quantitative estimate of drug-likeness (QED) is 0.732. The molecule has 1 aromatic rings. The largest absolute Gasteiger partial charge is 0.481 e. The molecule has 0 saturated carbocycles. The lowest BCUT2D eigenvalue weighted by Gasteiger charge is -2.08. The van der Waals surface area contributed by atoms with Gasteiger partial charge in [-0.2, -0.15) is 0 Å². The summed E-state index contributed by atoms with van der Waals surface area (Å²) < 4.78 is 0.